The number of thiophene rings is 1. The number of nitrogens with zero attached hydrogens (tertiary/aromatic N) is 3. The van der Waals surface area contributed by atoms with E-state index in [1.54, 1.807) is 0 Å². The van der Waals surface area contributed by atoms with Crippen LogP contribution >= 0.6 is 11.3 Å². The summed E-state index contributed by atoms with van der Waals surface area (Å²) in [4.78, 5) is 1.44. The van der Waals surface area contributed by atoms with Gasteiger partial charge in [-0.05, 0) is 48.9 Å². The molecule has 0 spiro atoms. The smallest absolute Gasteiger partial charge is 0.0835 e. The van der Waals surface area contributed by atoms with Gasteiger partial charge in [-0.1, -0.05) is 23.4 Å². The first-order chi connectivity index (χ1) is 9.33. The van der Waals surface area contributed by atoms with Gasteiger partial charge in [0.1, 0.15) is 0 Å². The lowest BCUT2D eigenvalue weighted by Crippen LogP contribution is -1.93. The number of aryl methyl sites for hydroxylation is 3. The predicted molar refractivity (Wildman–Crippen MR) is 77.8 cm³/mol. The molecule has 0 saturated heterocycles. The van der Waals surface area contributed by atoms with Crippen molar-refractivity contribution in [3.8, 4) is 5.69 Å². The first-order valence-corrected chi connectivity index (χ1v) is 7.20. The molecule has 3 rings (SSSR count). The molecule has 0 amide bonds. The molecular formula is C15H15N3S. The van der Waals surface area contributed by atoms with Crippen LogP contribution in [0.25, 0.3) is 5.69 Å². The van der Waals surface area contributed by atoms with Crippen LogP contribution in [0.2, 0.25) is 0 Å². The van der Waals surface area contributed by atoms with Gasteiger partial charge >= 0.3 is 0 Å². The van der Waals surface area contributed by atoms with Crippen molar-refractivity contribution in [2.45, 2.75) is 19.8 Å². The van der Waals surface area contributed by atoms with Gasteiger partial charge in [-0.25, -0.2) is 4.68 Å². The van der Waals surface area contributed by atoms with Gasteiger partial charge in [0.2, 0.25) is 0 Å². The van der Waals surface area contributed by atoms with Gasteiger partial charge in [0, 0.05) is 4.88 Å². The summed E-state index contributed by atoms with van der Waals surface area (Å²) in [6.45, 7) is 2.16. The van der Waals surface area contributed by atoms with E-state index >= 15 is 0 Å². The van der Waals surface area contributed by atoms with Gasteiger partial charge in [0.15, 0.2) is 0 Å². The maximum Gasteiger partial charge on any atom is 0.0835 e. The minimum Gasteiger partial charge on any atom is -0.220 e. The van der Waals surface area contributed by atoms with Crippen molar-refractivity contribution in [1.82, 2.24) is 15.0 Å². The van der Waals surface area contributed by atoms with Gasteiger partial charge < -0.3 is 0 Å². The van der Waals surface area contributed by atoms with Crippen LogP contribution in [0.3, 0.4) is 0 Å². The zero-order valence-electron chi connectivity index (χ0n) is 10.8. The van der Waals surface area contributed by atoms with Crippen molar-refractivity contribution < 1.29 is 0 Å². The van der Waals surface area contributed by atoms with E-state index in [1.165, 1.54) is 10.4 Å². The lowest BCUT2D eigenvalue weighted by molar-refractivity contribution is 0.794. The second-order valence-electron chi connectivity index (χ2n) is 4.52. The number of aromatic nitrogens is 3. The third kappa shape index (κ3) is 2.74. The Morgan fingerprint density at radius 2 is 1.95 bits per heavy atom. The molecule has 4 heteroatoms. The summed E-state index contributed by atoms with van der Waals surface area (Å²) in [5, 5.41) is 10.6. The number of hydrogen-bond donors (Lipinski definition) is 0. The SMILES string of the molecule is Cc1ccsc1CCc1cn(-c2ccccc2)nn1. The van der Waals surface area contributed by atoms with Crippen LogP contribution in [0.15, 0.2) is 48.0 Å². The van der Waals surface area contributed by atoms with Gasteiger partial charge in [0.05, 0.1) is 17.6 Å². The van der Waals surface area contributed by atoms with Gasteiger partial charge in [-0.3, -0.25) is 0 Å². The zero-order chi connectivity index (χ0) is 13.1. The van der Waals surface area contributed by atoms with Gasteiger partial charge in [0.25, 0.3) is 0 Å². The largest absolute Gasteiger partial charge is 0.220 e. The topological polar surface area (TPSA) is 30.7 Å². The van der Waals surface area contributed by atoms with Crippen molar-refractivity contribution in [2.75, 3.05) is 0 Å². The fourth-order valence-electron chi connectivity index (χ4n) is 2.02. The average Bonchev–Trinajstić information content (AvgIpc) is 3.06. The number of hydrogen-bond acceptors (Lipinski definition) is 3. The molecular weight excluding hydrogens is 254 g/mol. The van der Waals surface area contributed by atoms with Crippen LogP contribution in [0.1, 0.15) is 16.1 Å². The third-order valence-electron chi connectivity index (χ3n) is 3.14. The summed E-state index contributed by atoms with van der Waals surface area (Å²) < 4.78 is 1.83. The Kier molecular flexibility index (Phi) is 3.42. The van der Waals surface area contributed by atoms with E-state index in [0.29, 0.717) is 0 Å². The molecule has 0 aliphatic rings. The Bertz CT molecular complexity index is 655. The summed E-state index contributed by atoms with van der Waals surface area (Å²) in [5.74, 6) is 0. The molecule has 0 aliphatic heterocycles. The summed E-state index contributed by atoms with van der Waals surface area (Å²) >= 11 is 1.82. The Morgan fingerprint density at radius 3 is 2.68 bits per heavy atom. The van der Waals surface area contributed by atoms with E-state index in [0.717, 1.165) is 24.2 Å². The number of benzene rings is 1. The van der Waals surface area contributed by atoms with Crippen molar-refractivity contribution in [1.29, 1.82) is 0 Å². The highest BCUT2D eigenvalue weighted by atomic mass is 32.1. The van der Waals surface area contributed by atoms with E-state index in [4.69, 9.17) is 0 Å². The van der Waals surface area contributed by atoms with Crippen LogP contribution in [-0.2, 0) is 12.8 Å². The molecule has 0 aliphatic carbocycles. The first kappa shape index (κ1) is 12.1. The summed E-state index contributed by atoms with van der Waals surface area (Å²) in [6.07, 6.45) is 3.99. The minimum absolute atomic E-state index is 0.939. The van der Waals surface area contributed by atoms with Crippen LogP contribution in [0.4, 0.5) is 0 Å². The Labute approximate surface area is 116 Å². The highest BCUT2D eigenvalue weighted by Gasteiger charge is 2.05. The normalized spacial score (nSPS) is 10.8. The fourth-order valence-corrected chi connectivity index (χ4v) is 2.93. The molecule has 3 nitrogen and oxygen atoms in total. The molecule has 0 atom stereocenters. The molecule has 2 aromatic heterocycles. The number of rotatable bonds is 4. The molecule has 0 N–H and O–H groups in total. The van der Waals surface area contributed by atoms with E-state index < -0.39 is 0 Å². The fraction of sp³-hybridized carbons (Fsp3) is 0.200. The van der Waals surface area contributed by atoms with Crippen molar-refractivity contribution in [2.24, 2.45) is 0 Å². The maximum atomic E-state index is 4.24. The molecule has 19 heavy (non-hydrogen) atoms. The monoisotopic (exact) mass is 269 g/mol. The van der Waals surface area contributed by atoms with Gasteiger partial charge in [-0.2, -0.15) is 0 Å². The van der Waals surface area contributed by atoms with E-state index in [2.05, 4.69) is 28.7 Å². The highest BCUT2D eigenvalue weighted by Crippen LogP contribution is 2.17. The first-order valence-electron chi connectivity index (χ1n) is 6.32. The molecule has 96 valence electrons. The average molecular weight is 269 g/mol. The summed E-state index contributed by atoms with van der Waals surface area (Å²) in [6, 6.07) is 12.2. The lowest BCUT2D eigenvalue weighted by atomic mass is 10.2. The quantitative estimate of drug-likeness (QED) is 0.726. The zero-order valence-corrected chi connectivity index (χ0v) is 11.6. The van der Waals surface area contributed by atoms with Crippen LogP contribution in [-0.4, -0.2) is 15.0 Å². The van der Waals surface area contributed by atoms with Crippen molar-refractivity contribution >= 4 is 11.3 Å². The molecule has 2 heterocycles. The third-order valence-corrected chi connectivity index (χ3v) is 4.22. The Hall–Kier alpha value is -1.94. The van der Waals surface area contributed by atoms with E-state index in [1.807, 2.05) is 52.5 Å². The second-order valence-corrected chi connectivity index (χ2v) is 5.52. The Balaban J connectivity index is 1.70. The van der Waals surface area contributed by atoms with Crippen molar-refractivity contribution in [3.05, 3.63) is 64.1 Å². The molecule has 1 aromatic carbocycles. The molecule has 0 bridgehead atoms. The lowest BCUT2D eigenvalue weighted by Gasteiger charge is -1.98. The van der Waals surface area contributed by atoms with E-state index in [9.17, 15) is 0 Å². The molecule has 0 saturated carbocycles. The molecule has 3 aromatic rings. The summed E-state index contributed by atoms with van der Waals surface area (Å²) in [7, 11) is 0. The molecule has 0 unspecified atom stereocenters. The van der Waals surface area contributed by atoms with Crippen LogP contribution in [0.5, 0.6) is 0 Å². The Morgan fingerprint density at radius 1 is 1.11 bits per heavy atom. The standard InChI is InChI=1S/C15H15N3S/c1-12-9-10-19-15(12)8-7-13-11-18(17-16-13)14-5-3-2-4-6-14/h2-6,9-11H,7-8H2,1H3. The molecule has 0 radical (unpaired) electrons. The number of para-hydroxylation sites is 1. The summed E-state index contributed by atoms with van der Waals surface area (Å²) in [5.41, 5.74) is 3.46. The maximum absolute atomic E-state index is 4.24. The minimum atomic E-state index is 0.939. The second kappa shape index (κ2) is 5.36. The van der Waals surface area contributed by atoms with Crippen LogP contribution < -0.4 is 0 Å². The predicted octanol–water partition coefficient (Wildman–Crippen LogP) is 3.42. The highest BCUT2D eigenvalue weighted by molar-refractivity contribution is 7.10. The molecule has 0 fully saturated rings. The van der Waals surface area contributed by atoms with E-state index in [-0.39, 0.29) is 0 Å². The van der Waals surface area contributed by atoms with Crippen molar-refractivity contribution in [3.63, 3.8) is 0 Å². The van der Waals surface area contributed by atoms with Gasteiger partial charge in [-0.15, -0.1) is 16.4 Å². The van der Waals surface area contributed by atoms with Crippen LogP contribution in [0, 0.1) is 6.92 Å².